The summed E-state index contributed by atoms with van der Waals surface area (Å²) in [5, 5.41) is 1.39. The molecule has 0 aromatic heterocycles. The van der Waals surface area contributed by atoms with Gasteiger partial charge >= 0.3 is 0 Å². The van der Waals surface area contributed by atoms with Crippen molar-refractivity contribution in [1.82, 2.24) is 0 Å². The van der Waals surface area contributed by atoms with E-state index in [1.807, 2.05) is 12.1 Å². The molecule has 17 heavy (non-hydrogen) atoms. The largest absolute Gasteiger partial charge is 0.327 e. The summed E-state index contributed by atoms with van der Waals surface area (Å²) in [6.07, 6.45) is 4.30. The monoisotopic (exact) mass is 273 g/mol. The maximum atomic E-state index is 6.12. The van der Waals surface area contributed by atoms with Crippen molar-refractivity contribution in [2.45, 2.75) is 45.6 Å². The highest BCUT2D eigenvalue weighted by atomic mass is 35.5. The van der Waals surface area contributed by atoms with Gasteiger partial charge in [-0.15, -0.1) is 0 Å². The van der Waals surface area contributed by atoms with E-state index in [1.54, 1.807) is 6.07 Å². The predicted octanol–water partition coefficient (Wildman–Crippen LogP) is 4.69. The lowest BCUT2D eigenvalue weighted by molar-refractivity contribution is 0.496. The molecule has 3 heteroatoms. The molecule has 1 rings (SSSR count). The third-order valence-corrected chi connectivity index (χ3v) is 3.44. The van der Waals surface area contributed by atoms with E-state index in [-0.39, 0.29) is 6.04 Å². The summed E-state index contributed by atoms with van der Waals surface area (Å²) in [4.78, 5) is 0. The molecule has 1 unspecified atom stereocenters. The van der Waals surface area contributed by atoms with E-state index in [2.05, 4.69) is 13.8 Å². The molecule has 1 aromatic rings. The molecule has 0 saturated heterocycles. The van der Waals surface area contributed by atoms with Gasteiger partial charge in [-0.3, -0.25) is 0 Å². The van der Waals surface area contributed by atoms with Crippen LogP contribution in [0, 0.1) is 5.92 Å². The SMILES string of the molecule is CC(C)CCCC(N)Cc1ccc(Cl)cc1Cl. The number of halogens is 2. The van der Waals surface area contributed by atoms with Crippen LogP contribution >= 0.6 is 23.2 Å². The van der Waals surface area contributed by atoms with Gasteiger partial charge in [0.05, 0.1) is 0 Å². The Balaban J connectivity index is 2.42. The minimum atomic E-state index is 0.187. The van der Waals surface area contributed by atoms with Crippen molar-refractivity contribution in [3.05, 3.63) is 33.8 Å². The zero-order chi connectivity index (χ0) is 12.8. The lowest BCUT2D eigenvalue weighted by atomic mass is 9.99. The van der Waals surface area contributed by atoms with Gasteiger partial charge in [-0.05, 0) is 36.5 Å². The molecular formula is C14H21Cl2N. The second-order valence-electron chi connectivity index (χ2n) is 5.02. The third-order valence-electron chi connectivity index (χ3n) is 2.85. The number of benzene rings is 1. The smallest absolute Gasteiger partial charge is 0.0453 e. The van der Waals surface area contributed by atoms with Gasteiger partial charge in [0.2, 0.25) is 0 Å². The Morgan fingerprint density at radius 3 is 2.47 bits per heavy atom. The van der Waals surface area contributed by atoms with Crippen LogP contribution in [0.1, 0.15) is 38.7 Å². The molecule has 2 N–H and O–H groups in total. The molecule has 1 atom stereocenters. The molecule has 0 aliphatic rings. The molecule has 0 heterocycles. The molecule has 1 aromatic carbocycles. The van der Waals surface area contributed by atoms with Crippen LogP contribution in [0.15, 0.2) is 18.2 Å². The zero-order valence-corrected chi connectivity index (χ0v) is 12.1. The van der Waals surface area contributed by atoms with E-state index >= 15 is 0 Å². The Kier molecular flexibility index (Phi) is 6.32. The number of hydrogen-bond donors (Lipinski definition) is 1. The van der Waals surface area contributed by atoms with Crippen molar-refractivity contribution in [3.8, 4) is 0 Å². The lowest BCUT2D eigenvalue weighted by Crippen LogP contribution is -2.22. The Morgan fingerprint density at radius 2 is 1.88 bits per heavy atom. The van der Waals surface area contributed by atoms with Gasteiger partial charge in [0.1, 0.15) is 0 Å². The van der Waals surface area contributed by atoms with Crippen LogP contribution in [0.3, 0.4) is 0 Å². The Morgan fingerprint density at radius 1 is 1.18 bits per heavy atom. The summed E-state index contributed by atoms with van der Waals surface area (Å²) in [5.41, 5.74) is 7.20. The fourth-order valence-electron chi connectivity index (χ4n) is 1.86. The summed E-state index contributed by atoms with van der Waals surface area (Å²) in [7, 11) is 0. The van der Waals surface area contributed by atoms with Gasteiger partial charge in [-0.2, -0.15) is 0 Å². The van der Waals surface area contributed by atoms with Gasteiger partial charge in [-0.1, -0.05) is 56.0 Å². The van der Waals surface area contributed by atoms with Crippen molar-refractivity contribution in [1.29, 1.82) is 0 Å². The van der Waals surface area contributed by atoms with E-state index in [4.69, 9.17) is 28.9 Å². The highest BCUT2D eigenvalue weighted by Gasteiger charge is 2.08. The average Bonchev–Trinajstić information content (AvgIpc) is 2.21. The minimum absolute atomic E-state index is 0.187. The second-order valence-corrected chi connectivity index (χ2v) is 5.87. The van der Waals surface area contributed by atoms with Crippen molar-refractivity contribution in [2.24, 2.45) is 11.7 Å². The fraction of sp³-hybridized carbons (Fsp3) is 0.571. The van der Waals surface area contributed by atoms with Crippen LogP contribution < -0.4 is 5.73 Å². The predicted molar refractivity (Wildman–Crippen MR) is 76.8 cm³/mol. The van der Waals surface area contributed by atoms with Gasteiger partial charge in [-0.25, -0.2) is 0 Å². The second kappa shape index (κ2) is 7.25. The van der Waals surface area contributed by atoms with Crippen LogP contribution in [-0.2, 0) is 6.42 Å². The highest BCUT2D eigenvalue weighted by Crippen LogP contribution is 2.22. The van der Waals surface area contributed by atoms with Gasteiger partial charge < -0.3 is 5.73 Å². The number of nitrogens with two attached hydrogens (primary N) is 1. The summed E-state index contributed by atoms with van der Waals surface area (Å²) in [6.45, 7) is 4.48. The molecule has 96 valence electrons. The van der Waals surface area contributed by atoms with E-state index in [1.165, 1.54) is 12.8 Å². The Labute approximate surface area is 114 Å². The van der Waals surface area contributed by atoms with Crippen LogP contribution in [0.5, 0.6) is 0 Å². The van der Waals surface area contributed by atoms with Crippen LogP contribution in [0.4, 0.5) is 0 Å². The molecule has 0 aliphatic carbocycles. The molecule has 0 bridgehead atoms. The van der Waals surface area contributed by atoms with Crippen molar-refractivity contribution >= 4 is 23.2 Å². The van der Waals surface area contributed by atoms with Gasteiger partial charge in [0.25, 0.3) is 0 Å². The van der Waals surface area contributed by atoms with E-state index in [0.29, 0.717) is 5.02 Å². The number of rotatable bonds is 6. The molecule has 1 nitrogen and oxygen atoms in total. The van der Waals surface area contributed by atoms with E-state index in [0.717, 1.165) is 29.3 Å². The first-order valence-electron chi connectivity index (χ1n) is 6.18. The summed E-state index contributed by atoms with van der Waals surface area (Å²) < 4.78 is 0. The summed E-state index contributed by atoms with van der Waals surface area (Å²) >= 11 is 12.0. The topological polar surface area (TPSA) is 26.0 Å². The first kappa shape index (κ1) is 14.8. The normalized spacial score (nSPS) is 13.1. The number of hydrogen-bond acceptors (Lipinski definition) is 1. The standard InChI is InChI=1S/C14H21Cl2N/c1-10(2)4-3-5-13(17)8-11-6-7-12(15)9-14(11)16/h6-7,9-10,13H,3-5,8,17H2,1-2H3. The van der Waals surface area contributed by atoms with Gasteiger partial charge in [0, 0.05) is 16.1 Å². The minimum Gasteiger partial charge on any atom is -0.327 e. The van der Waals surface area contributed by atoms with Crippen molar-refractivity contribution < 1.29 is 0 Å². The molecular weight excluding hydrogens is 253 g/mol. The molecule has 0 spiro atoms. The molecule has 0 fully saturated rings. The molecule has 0 aliphatic heterocycles. The molecule has 0 saturated carbocycles. The molecule has 0 radical (unpaired) electrons. The van der Waals surface area contributed by atoms with Crippen LogP contribution in [0.25, 0.3) is 0 Å². The quantitative estimate of drug-likeness (QED) is 0.800. The molecule has 0 amide bonds. The zero-order valence-electron chi connectivity index (χ0n) is 10.5. The third kappa shape index (κ3) is 5.76. The Hall–Kier alpha value is -0.240. The Bertz CT molecular complexity index is 350. The maximum Gasteiger partial charge on any atom is 0.0453 e. The van der Waals surface area contributed by atoms with Crippen molar-refractivity contribution in [2.75, 3.05) is 0 Å². The van der Waals surface area contributed by atoms with Crippen LogP contribution in [0.2, 0.25) is 10.0 Å². The summed E-state index contributed by atoms with van der Waals surface area (Å²) in [5.74, 6) is 0.751. The van der Waals surface area contributed by atoms with Gasteiger partial charge in [0.15, 0.2) is 0 Å². The van der Waals surface area contributed by atoms with E-state index in [9.17, 15) is 0 Å². The van der Waals surface area contributed by atoms with E-state index < -0.39 is 0 Å². The first-order chi connectivity index (χ1) is 7.99. The summed E-state index contributed by atoms with van der Waals surface area (Å²) in [6, 6.07) is 5.79. The highest BCUT2D eigenvalue weighted by molar-refractivity contribution is 6.35. The van der Waals surface area contributed by atoms with Crippen molar-refractivity contribution in [3.63, 3.8) is 0 Å². The average molecular weight is 274 g/mol. The first-order valence-corrected chi connectivity index (χ1v) is 6.94. The lowest BCUT2D eigenvalue weighted by Gasteiger charge is -2.13. The van der Waals surface area contributed by atoms with Crippen LogP contribution in [-0.4, -0.2) is 6.04 Å². The fourth-order valence-corrected chi connectivity index (χ4v) is 2.35. The maximum absolute atomic E-state index is 6.12.